The number of alkyl halides is 3. The Kier molecular flexibility index (Phi) is 3.69. The molecule has 1 heterocycles. The van der Waals surface area contributed by atoms with Crippen molar-refractivity contribution in [3.8, 4) is 6.07 Å². The zero-order valence-corrected chi connectivity index (χ0v) is 8.13. The maximum Gasteiger partial charge on any atom is 0.281 e. The highest BCUT2D eigenvalue weighted by Crippen LogP contribution is 2.23. The largest absolute Gasteiger partial charge is 0.296 e. The van der Waals surface area contributed by atoms with E-state index in [0.29, 0.717) is 6.29 Å². The molecule has 0 unspecified atom stereocenters. The van der Waals surface area contributed by atoms with Crippen LogP contribution in [0.2, 0.25) is 0 Å². The number of halogens is 3. The third-order valence-electron chi connectivity index (χ3n) is 1.75. The number of pyridine rings is 1. The number of aldehydes is 1. The first-order valence-corrected chi connectivity index (χ1v) is 4.40. The van der Waals surface area contributed by atoms with Crippen LogP contribution in [0.1, 0.15) is 33.7 Å². The number of nitrogens with zero attached hydrogens (tertiary/aromatic N) is 2. The van der Waals surface area contributed by atoms with Gasteiger partial charge in [0, 0.05) is 5.88 Å². The molecule has 3 nitrogen and oxygen atoms in total. The van der Waals surface area contributed by atoms with Crippen molar-refractivity contribution in [2.45, 2.75) is 12.3 Å². The van der Waals surface area contributed by atoms with E-state index in [4.69, 9.17) is 16.9 Å². The van der Waals surface area contributed by atoms with Crippen LogP contribution in [0, 0.1) is 11.3 Å². The van der Waals surface area contributed by atoms with Gasteiger partial charge >= 0.3 is 0 Å². The molecular weight excluding hydrogens is 226 g/mol. The van der Waals surface area contributed by atoms with Gasteiger partial charge in [0.25, 0.3) is 6.43 Å². The van der Waals surface area contributed by atoms with E-state index < -0.39 is 12.1 Å². The van der Waals surface area contributed by atoms with Crippen LogP contribution in [0.5, 0.6) is 0 Å². The van der Waals surface area contributed by atoms with Crippen molar-refractivity contribution < 1.29 is 13.6 Å². The standard InChI is InChI=1S/C9H5ClF2N2O/c10-2-5-1-6(3-13)8(9(11)12)14-7(5)4-15/h1,4,9H,2H2. The molecule has 1 aromatic rings. The lowest BCUT2D eigenvalue weighted by Crippen LogP contribution is -2.03. The van der Waals surface area contributed by atoms with E-state index in [2.05, 4.69) is 4.98 Å². The van der Waals surface area contributed by atoms with Gasteiger partial charge in [0.05, 0.1) is 5.56 Å². The Labute approximate surface area is 89.3 Å². The first-order chi connectivity index (χ1) is 7.13. The summed E-state index contributed by atoms with van der Waals surface area (Å²) in [4.78, 5) is 13.9. The topological polar surface area (TPSA) is 53.8 Å². The molecule has 0 aromatic carbocycles. The van der Waals surface area contributed by atoms with E-state index >= 15 is 0 Å². The van der Waals surface area contributed by atoms with Crippen molar-refractivity contribution in [2.75, 3.05) is 0 Å². The predicted octanol–water partition coefficient (Wildman–Crippen LogP) is 2.44. The molecule has 0 amide bonds. The molecule has 78 valence electrons. The number of hydrogen-bond acceptors (Lipinski definition) is 3. The molecule has 0 N–H and O–H groups in total. The molecule has 0 aliphatic rings. The van der Waals surface area contributed by atoms with E-state index in [1.165, 1.54) is 0 Å². The lowest BCUT2D eigenvalue weighted by atomic mass is 10.1. The molecule has 0 saturated carbocycles. The van der Waals surface area contributed by atoms with E-state index in [0.717, 1.165) is 6.07 Å². The number of hydrogen-bond donors (Lipinski definition) is 0. The molecule has 1 aromatic heterocycles. The Hall–Kier alpha value is -1.54. The molecule has 0 aliphatic carbocycles. The van der Waals surface area contributed by atoms with Gasteiger partial charge in [-0.3, -0.25) is 4.79 Å². The van der Waals surface area contributed by atoms with Crippen LogP contribution < -0.4 is 0 Å². The van der Waals surface area contributed by atoms with Gasteiger partial charge in [-0.1, -0.05) is 0 Å². The van der Waals surface area contributed by atoms with E-state index in [9.17, 15) is 13.6 Å². The molecule has 0 radical (unpaired) electrons. The molecule has 0 spiro atoms. The first kappa shape index (κ1) is 11.5. The van der Waals surface area contributed by atoms with Gasteiger partial charge in [-0.25, -0.2) is 13.8 Å². The van der Waals surface area contributed by atoms with Gasteiger partial charge in [0.1, 0.15) is 17.5 Å². The average molecular weight is 231 g/mol. The second-order valence-corrected chi connectivity index (χ2v) is 2.90. The number of carbonyl (C=O) groups is 1. The second kappa shape index (κ2) is 4.80. The fourth-order valence-corrected chi connectivity index (χ4v) is 1.26. The molecular formula is C9H5ClF2N2O. The SMILES string of the molecule is N#Cc1cc(CCl)c(C=O)nc1C(F)F. The predicted molar refractivity (Wildman–Crippen MR) is 48.9 cm³/mol. The van der Waals surface area contributed by atoms with Gasteiger partial charge in [0.2, 0.25) is 0 Å². The lowest BCUT2D eigenvalue weighted by molar-refractivity contribution is 0.111. The van der Waals surface area contributed by atoms with Crippen LogP contribution in [-0.4, -0.2) is 11.3 Å². The zero-order valence-electron chi connectivity index (χ0n) is 7.38. The molecule has 0 fully saturated rings. The highest BCUT2D eigenvalue weighted by Gasteiger charge is 2.18. The van der Waals surface area contributed by atoms with Crippen LogP contribution in [0.4, 0.5) is 8.78 Å². The molecule has 0 bridgehead atoms. The van der Waals surface area contributed by atoms with E-state index in [-0.39, 0.29) is 22.7 Å². The van der Waals surface area contributed by atoms with E-state index in [1.807, 2.05) is 0 Å². The average Bonchev–Trinajstić information content (AvgIpc) is 2.26. The summed E-state index contributed by atoms with van der Waals surface area (Å²) < 4.78 is 24.8. The smallest absolute Gasteiger partial charge is 0.281 e. The van der Waals surface area contributed by atoms with Gasteiger partial charge in [-0.05, 0) is 11.6 Å². The minimum absolute atomic E-state index is 0.0563. The molecule has 0 aliphatic heterocycles. The van der Waals surface area contributed by atoms with Gasteiger partial charge in [-0.15, -0.1) is 11.6 Å². The fraction of sp³-hybridized carbons (Fsp3) is 0.222. The number of carbonyl (C=O) groups excluding carboxylic acids is 1. The Balaban J connectivity index is 3.42. The minimum Gasteiger partial charge on any atom is -0.296 e. The molecule has 0 atom stereocenters. The van der Waals surface area contributed by atoms with Crippen molar-refractivity contribution in [3.63, 3.8) is 0 Å². The molecule has 0 saturated heterocycles. The Morgan fingerprint density at radius 3 is 2.73 bits per heavy atom. The van der Waals surface area contributed by atoms with Crippen LogP contribution in [0.15, 0.2) is 6.07 Å². The summed E-state index contributed by atoms with van der Waals surface area (Å²) in [6.45, 7) is 0. The highest BCUT2D eigenvalue weighted by atomic mass is 35.5. The fourth-order valence-electron chi connectivity index (χ4n) is 1.05. The van der Waals surface area contributed by atoms with Crippen LogP contribution in [0.3, 0.4) is 0 Å². The van der Waals surface area contributed by atoms with Crippen molar-refractivity contribution >= 4 is 17.9 Å². The summed E-state index contributed by atoms with van der Waals surface area (Å²) in [5.41, 5.74) is -0.827. The van der Waals surface area contributed by atoms with Crippen molar-refractivity contribution in [1.82, 2.24) is 4.98 Å². The summed E-state index contributed by atoms with van der Waals surface area (Å²) in [7, 11) is 0. The van der Waals surface area contributed by atoms with Crippen molar-refractivity contribution in [3.05, 3.63) is 28.6 Å². The molecule has 6 heteroatoms. The second-order valence-electron chi connectivity index (χ2n) is 2.63. The summed E-state index contributed by atoms with van der Waals surface area (Å²) in [6.07, 6.45) is -2.55. The molecule has 15 heavy (non-hydrogen) atoms. The quantitative estimate of drug-likeness (QED) is 0.592. The summed E-state index contributed by atoms with van der Waals surface area (Å²) in [5, 5.41) is 8.60. The summed E-state index contributed by atoms with van der Waals surface area (Å²) in [5.74, 6) is -0.0563. The maximum atomic E-state index is 12.4. The van der Waals surface area contributed by atoms with E-state index in [1.54, 1.807) is 6.07 Å². The van der Waals surface area contributed by atoms with Crippen molar-refractivity contribution in [1.29, 1.82) is 5.26 Å². The normalized spacial score (nSPS) is 10.1. The number of aromatic nitrogens is 1. The van der Waals surface area contributed by atoms with Gasteiger partial charge in [-0.2, -0.15) is 5.26 Å². The van der Waals surface area contributed by atoms with Crippen molar-refractivity contribution in [2.24, 2.45) is 0 Å². The Morgan fingerprint density at radius 2 is 2.33 bits per heavy atom. The van der Waals surface area contributed by atoms with Crippen LogP contribution in [-0.2, 0) is 5.88 Å². The summed E-state index contributed by atoms with van der Waals surface area (Å²) >= 11 is 5.48. The summed E-state index contributed by atoms with van der Waals surface area (Å²) in [6, 6.07) is 2.74. The maximum absolute atomic E-state index is 12.4. The minimum atomic E-state index is -2.89. The zero-order chi connectivity index (χ0) is 11.4. The first-order valence-electron chi connectivity index (χ1n) is 3.87. The molecule has 1 rings (SSSR count). The highest BCUT2D eigenvalue weighted by molar-refractivity contribution is 6.17. The third-order valence-corrected chi connectivity index (χ3v) is 2.04. The third kappa shape index (κ3) is 2.28. The number of rotatable bonds is 3. The van der Waals surface area contributed by atoms with Gasteiger partial charge < -0.3 is 0 Å². The number of nitriles is 1. The Morgan fingerprint density at radius 1 is 1.67 bits per heavy atom. The van der Waals surface area contributed by atoms with Crippen LogP contribution >= 0.6 is 11.6 Å². The van der Waals surface area contributed by atoms with Gasteiger partial charge in [0.15, 0.2) is 6.29 Å². The Bertz CT molecular complexity index is 429. The lowest BCUT2D eigenvalue weighted by Gasteiger charge is -2.05. The monoisotopic (exact) mass is 230 g/mol. The van der Waals surface area contributed by atoms with Crippen LogP contribution in [0.25, 0.3) is 0 Å².